The second-order valence-corrected chi connectivity index (χ2v) is 7.89. The number of benzene rings is 2. The molecular weight excluding hydrogens is 370 g/mol. The van der Waals surface area contributed by atoms with Gasteiger partial charge < -0.3 is 10.6 Å². The minimum Gasteiger partial charge on any atom is -0.332 e. The molecule has 0 bridgehead atoms. The van der Waals surface area contributed by atoms with Crippen LogP contribution in [0.2, 0.25) is 0 Å². The van der Waals surface area contributed by atoms with Gasteiger partial charge >= 0.3 is 0 Å². The Balaban J connectivity index is 2.11. The van der Waals surface area contributed by atoms with Crippen LogP contribution in [0.25, 0.3) is 0 Å². The zero-order valence-corrected chi connectivity index (χ0v) is 16.4. The topological polar surface area (TPSA) is 87.3 Å². The van der Waals surface area contributed by atoms with Gasteiger partial charge in [-0.05, 0) is 62.0 Å². The van der Waals surface area contributed by atoms with Crippen LogP contribution < -0.4 is 15.4 Å². The molecule has 0 saturated heterocycles. The number of carbonyl (C=O) groups excluding carboxylic acids is 1. The van der Waals surface area contributed by atoms with E-state index < -0.39 is 10.0 Å². The van der Waals surface area contributed by atoms with Gasteiger partial charge in [0.2, 0.25) is 5.91 Å². The SMILES string of the molecule is CCC(=O)NC(=S)Nc1ccc(S(=O)(=O)Nc2ccc(C)cc2C)cc1. The van der Waals surface area contributed by atoms with Crippen molar-refractivity contribution in [1.29, 1.82) is 0 Å². The molecule has 0 aliphatic carbocycles. The van der Waals surface area contributed by atoms with E-state index in [2.05, 4.69) is 15.4 Å². The zero-order valence-electron chi connectivity index (χ0n) is 14.8. The van der Waals surface area contributed by atoms with E-state index in [0.717, 1.165) is 11.1 Å². The number of sulfonamides is 1. The lowest BCUT2D eigenvalue weighted by molar-refractivity contribution is -0.119. The smallest absolute Gasteiger partial charge is 0.261 e. The van der Waals surface area contributed by atoms with Gasteiger partial charge in [-0.3, -0.25) is 9.52 Å². The van der Waals surface area contributed by atoms with Crippen molar-refractivity contribution in [3.05, 3.63) is 53.6 Å². The lowest BCUT2D eigenvalue weighted by atomic mass is 10.1. The van der Waals surface area contributed by atoms with E-state index in [1.54, 1.807) is 25.1 Å². The number of nitrogens with one attached hydrogen (secondary N) is 3. The second kappa shape index (κ2) is 8.29. The Morgan fingerprint density at radius 1 is 1.08 bits per heavy atom. The van der Waals surface area contributed by atoms with Gasteiger partial charge in [-0.1, -0.05) is 24.6 Å². The van der Waals surface area contributed by atoms with Gasteiger partial charge in [0, 0.05) is 12.1 Å². The van der Waals surface area contributed by atoms with Gasteiger partial charge in [-0.25, -0.2) is 8.42 Å². The monoisotopic (exact) mass is 391 g/mol. The van der Waals surface area contributed by atoms with Crippen LogP contribution in [0.5, 0.6) is 0 Å². The van der Waals surface area contributed by atoms with Gasteiger partial charge in [0.05, 0.1) is 10.6 Å². The average Bonchev–Trinajstić information content (AvgIpc) is 2.57. The van der Waals surface area contributed by atoms with Gasteiger partial charge in [0.15, 0.2) is 5.11 Å². The number of anilines is 2. The highest BCUT2D eigenvalue weighted by Gasteiger charge is 2.15. The average molecular weight is 392 g/mol. The van der Waals surface area contributed by atoms with Crippen LogP contribution in [-0.2, 0) is 14.8 Å². The molecule has 0 heterocycles. The molecule has 26 heavy (non-hydrogen) atoms. The fraction of sp³-hybridized carbons (Fsp3) is 0.222. The number of hydrogen-bond donors (Lipinski definition) is 3. The van der Waals surface area contributed by atoms with Crippen molar-refractivity contribution in [3.63, 3.8) is 0 Å². The first-order valence-corrected chi connectivity index (χ1v) is 9.91. The highest BCUT2D eigenvalue weighted by atomic mass is 32.2. The van der Waals surface area contributed by atoms with Gasteiger partial charge in [0.1, 0.15) is 0 Å². The highest BCUT2D eigenvalue weighted by molar-refractivity contribution is 7.92. The summed E-state index contributed by atoms with van der Waals surface area (Å²) >= 11 is 5.02. The summed E-state index contributed by atoms with van der Waals surface area (Å²) in [4.78, 5) is 11.4. The molecule has 2 aromatic carbocycles. The summed E-state index contributed by atoms with van der Waals surface area (Å²) in [7, 11) is -3.70. The summed E-state index contributed by atoms with van der Waals surface area (Å²) in [5, 5.41) is 5.52. The minimum absolute atomic E-state index is 0.131. The van der Waals surface area contributed by atoms with Crippen molar-refractivity contribution in [2.45, 2.75) is 32.1 Å². The first-order valence-electron chi connectivity index (χ1n) is 8.02. The largest absolute Gasteiger partial charge is 0.332 e. The summed E-state index contributed by atoms with van der Waals surface area (Å²) in [5.74, 6) is -0.195. The molecule has 0 radical (unpaired) electrons. The molecule has 6 nitrogen and oxygen atoms in total. The number of thiocarbonyl (C=S) groups is 1. The Hall–Kier alpha value is -2.45. The molecule has 0 aliphatic heterocycles. The lowest BCUT2D eigenvalue weighted by Gasteiger charge is -2.12. The van der Waals surface area contributed by atoms with Crippen molar-refractivity contribution in [2.24, 2.45) is 0 Å². The first kappa shape index (κ1) is 19.9. The molecule has 0 saturated carbocycles. The quantitative estimate of drug-likeness (QED) is 0.681. The molecule has 1 amide bonds. The molecule has 3 N–H and O–H groups in total. The molecule has 0 atom stereocenters. The van der Waals surface area contributed by atoms with E-state index in [9.17, 15) is 13.2 Å². The van der Waals surface area contributed by atoms with Crippen LogP contribution in [0, 0.1) is 13.8 Å². The van der Waals surface area contributed by atoms with E-state index in [1.807, 2.05) is 26.0 Å². The van der Waals surface area contributed by atoms with Gasteiger partial charge in [-0.2, -0.15) is 0 Å². The van der Waals surface area contributed by atoms with Crippen LogP contribution in [-0.4, -0.2) is 19.4 Å². The maximum atomic E-state index is 12.5. The van der Waals surface area contributed by atoms with Gasteiger partial charge in [0.25, 0.3) is 10.0 Å². The lowest BCUT2D eigenvalue weighted by Crippen LogP contribution is -2.33. The fourth-order valence-electron chi connectivity index (χ4n) is 2.23. The van der Waals surface area contributed by atoms with Crippen molar-refractivity contribution in [3.8, 4) is 0 Å². The third kappa shape index (κ3) is 5.27. The molecule has 0 fully saturated rings. The second-order valence-electron chi connectivity index (χ2n) is 5.80. The number of hydrogen-bond acceptors (Lipinski definition) is 4. The number of amides is 1. The van der Waals surface area contributed by atoms with Gasteiger partial charge in [-0.15, -0.1) is 0 Å². The van der Waals surface area contributed by atoms with Crippen LogP contribution >= 0.6 is 12.2 Å². The molecule has 138 valence electrons. The van der Waals surface area contributed by atoms with Crippen LogP contribution in [0.15, 0.2) is 47.4 Å². The maximum Gasteiger partial charge on any atom is 0.261 e. The van der Waals surface area contributed by atoms with E-state index in [-0.39, 0.29) is 15.9 Å². The third-order valence-electron chi connectivity index (χ3n) is 3.62. The summed E-state index contributed by atoms with van der Waals surface area (Å²) in [6.45, 7) is 5.52. The Morgan fingerprint density at radius 3 is 2.31 bits per heavy atom. The Morgan fingerprint density at radius 2 is 1.73 bits per heavy atom. The number of aryl methyl sites for hydroxylation is 2. The number of carbonyl (C=O) groups is 1. The van der Waals surface area contributed by atoms with Crippen molar-refractivity contribution in [2.75, 3.05) is 10.0 Å². The van der Waals surface area contributed by atoms with Crippen molar-refractivity contribution >= 4 is 44.6 Å². The molecule has 0 spiro atoms. The third-order valence-corrected chi connectivity index (χ3v) is 5.21. The van der Waals surface area contributed by atoms with E-state index in [4.69, 9.17) is 12.2 Å². The van der Waals surface area contributed by atoms with E-state index in [0.29, 0.717) is 17.8 Å². The van der Waals surface area contributed by atoms with E-state index in [1.165, 1.54) is 12.1 Å². The summed E-state index contributed by atoms with van der Waals surface area (Å²) < 4.78 is 27.7. The first-order chi connectivity index (χ1) is 12.2. The highest BCUT2D eigenvalue weighted by Crippen LogP contribution is 2.21. The molecule has 0 aliphatic rings. The van der Waals surface area contributed by atoms with Crippen molar-refractivity contribution in [1.82, 2.24) is 5.32 Å². The molecular formula is C18H21N3O3S2. The summed E-state index contributed by atoms with van der Waals surface area (Å²) in [6.07, 6.45) is 0.323. The minimum atomic E-state index is -3.70. The zero-order chi connectivity index (χ0) is 19.3. The molecule has 0 unspecified atom stereocenters. The fourth-order valence-corrected chi connectivity index (χ4v) is 3.59. The van der Waals surface area contributed by atoms with Crippen molar-refractivity contribution < 1.29 is 13.2 Å². The molecule has 2 rings (SSSR count). The summed E-state index contributed by atoms with van der Waals surface area (Å²) in [6, 6.07) is 11.6. The Labute approximate surface area is 159 Å². The standard InChI is InChI=1S/C18H21N3O3S2/c1-4-17(22)20-18(25)19-14-6-8-15(9-7-14)26(23,24)21-16-10-5-12(2)11-13(16)3/h5-11,21H,4H2,1-3H3,(H2,19,20,22,25). The Kier molecular flexibility index (Phi) is 6.33. The maximum absolute atomic E-state index is 12.5. The Bertz CT molecular complexity index is 923. The number of rotatable bonds is 5. The molecule has 0 aromatic heterocycles. The van der Waals surface area contributed by atoms with Crippen LogP contribution in [0.4, 0.5) is 11.4 Å². The predicted molar refractivity (Wildman–Crippen MR) is 108 cm³/mol. The van der Waals surface area contributed by atoms with Crippen LogP contribution in [0.1, 0.15) is 24.5 Å². The predicted octanol–water partition coefficient (Wildman–Crippen LogP) is 3.33. The van der Waals surface area contributed by atoms with Crippen LogP contribution in [0.3, 0.4) is 0 Å². The normalized spacial score (nSPS) is 10.9. The molecule has 2 aromatic rings. The summed E-state index contributed by atoms with van der Waals surface area (Å²) in [5.41, 5.74) is 3.04. The molecule has 8 heteroatoms. The van der Waals surface area contributed by atoms with E-state index >= 15 is 0 Å².